The van der Waals surface area contributed by atoms with Crippen molar-refractivity contribution >= 4 is 59.3 Å². The predicted octanol–water partition coefficient (Wildman–Crippen LogP) is 19.7. The lowest BCUT2D eigenvalue weighted by molar-refractivity contribution is 0.769. The predicted molar refractivity (Wildman–Crippen MR) is 311 cm³/mol. The molecule has 0 fully saturated rings. The summed E-state index contributed by atoms with van der Waals surface area (Å²) in [5.74, 6) is 0. The molecule has 73 heavy (non-hydrogen) atoms. The molecule has 0 saturated heterocycles. The lowest BCUT2D eigenvalue weighted by Crippen LogP contribution is -2.28. The molecule has 1 aliphatic rings. The zero-order chi connectivity index (χ0) is 48.3. The molecule has 0 bridgehead atoms. The molecule has 13 aromatic rings. The normalized spacial score (nSPS) is 12.5. The molecule has 0 radical (unpaired) electrons. The third-order valence-corrected chi connectivity index (χ3v) is 16.4. The second kappa shape index (κ2) is 17.6. The van der Waals surface area contributed by atoms with Crippen LogP contribution in [0, 0.1) is 0 Å². The Labute approximate surface area is 430 Å². The molecular weight excluding hydrogens is 899 g/mol. The second-order valence-electron chi connectivity index (χ2n) is 19.1. The van der Waals surface area contributed by atoms with E-state index in [4.69, 9.17) is 0 Å². The van der Waals surface area contributed by atoms with Gasteiger partial charge >= 0.3 is 0 Å². The van der Waals surface area contributed by atoms with Crippen molar-refractivity contribution in [3.05, 3.63) is 307 Å². The Hall–Kier alpha value is -9.08. The summed E-state index contributed by atoms with van der Waals surface area (Å²) in [4.78, 5) is 2.43. The number of fused-ring (bicyclic) bond motifs is 7. The Morgan fingerprint density at radius 1 is 0.288 bits per heavy atom. The Bertz CT molecular complexity index is 4140. The van der Waals surface area contributed by atoms with E-state index >= 15 is 0 Å². The topological polar surface area (TPSA) is 3.24 Å². The van der Waals surface area contributed by atoms with E-state index in [1.165, 1.54) is 97.7 Å². The van der Waals surface area contributed by atoms with Crippen molar-refractivity contribution in [2.24, 2.45) is 0 Å². The maximum atomic E-state index is 2.45. The molecule has 0 amide bonds. The maximum Gasteiger partial charge on any atom is 0.0713 e. The number of benzene rings is 12. The Morgan fingerprint density at radius 2 is 0.808 bits per heavy atom. The molecule has 1 aliphatic carbocycles. The van der Waals surface area contributed by atoms with Crippen molar-refractivity contribution in [3.63, 3.8) is 0 Å². The van der Waals surface area contributed by atoms with Gasteiger partial charge < -0.3 is 4.90 Å². The number of nitrogens with zero attached hydrogens (tertiary/aromatic N) is 1. The van der Waals surface area contributed by atoms with Crippen LogP contribution in [-0.2, 0) is 5.41 Å². The third-order valence-electron chi connectivity index (χ3n) is 15.2. The summed E-state index contributed by atoms with van der Waals surface area (Å²) in [5.41, 5.74) is 20.1. The van der Waals surface area contributed by atoms with Gasteiger partial charge in [-0.3, -0.25) is 0 Å². The van der Waals surface area contributed by atoms with E-state index in [9.17, 15) is 0 Å². The van der Waals surface area contributed by atoms with Gasteiger partial charge in [-0.25, -0.2) is 0 Å². The lowest BCUT2D eigenvalue weighted by Gasteiger charge is -2.34. The monoisotopic (exact) mass is 945 g/mol. The smallest absolute Gasteiger partial charge is 0.0713 e. The van der Waals surface area contributed by atoms with Crippen LogP contribution in [0.4, 0.5) is 17.1 Å². The van der Waals surface area contributed by atoms with Gasteiger partial charge in [-0.15, -0.1) is 11.3 Å². The minimum atomic E-state index is -0.468. The first kappa shape index (κ1) is 42.8. The summed E-state index contributed by atoms with van der Waals surface area (Å²) < 4.78 is 2.63. The lowest BCUT2D eigenvalue weighted by atomic mass is 9.67. The molecule has 1 aromatic heterocycles. The molecule has 2 heteroatoms. The van der Waals surface area contributed by atoms with E-state index in [1.807, 2.05) is 11.3 Å². The van der Waals surface area contributed by atoms with Gasteiger partial charge in [0.2, 0.25) is 0 Å². The maximum absolute atomic E-state index is 2.45. The first-order valence-electron chi connectivity index (χ1n) is 25.2. The van der Waals surface area contributed by atoms with Crippen molar-refractivity contribution in [1.29, 1.82) is 0 Å². The van der Waals surface area contributed by atoms with E-state index in [0.29, 0.717) is 0 Å². The van der Waals surface area contributed by atoms with Crippen LogP contribution in [0.1, 0.15) is 22.3 Å². The Balaban J connectivity index is 0.902. The molecule has 1 heterocycles. The third kappa shape index (κ3) is 7.06. The first-order valence-corrected chi connectivity index (χ1v) is 26.0. The summed E-state index contributed by atoms with van der Waals surface area (Å²) in [6.45, 7) is 0. The van der Waals surface area contributed by atoms with E-state index in [2.05, 4.69) is 290 Å². The highest BCUT2D eigenvalue weighted by atomic mass is 32.1. The number of hydrogen-bond donors (Lipinski definition) is 0. The van der Waals surface area contributed by atoms with Crippen molar-refractivity contribution in [2.75, 3.05) is 4.90 Å². The van der Waals surface area contributed by atoms with E-state index < -0.39 is 5.41 Å². The van der Waals surface area contributed by atoms with Crippen LogP contribution < -0.4 is 4.90 Å². The fourth-order valence-electron chi connectivity index (χ4n) is 11.9. The van der Waals surface area contributed by atoms with Crippen LogP contribution in [0.25, 0.3) is 86.6 Å². The average Bonchev–Trinajstić information content (AvgIpc) is 4.00. The summed E-state index contributed by atoms with van der Waals surface area (Å²) in [6, 6.07) is 105. The molecule has 12 aromatic carbocycles. The fraction of sp³-hybridized carbons (Fsp3) is 0.0141. The number of thiophene rings is 1. The van der Waals surface area contributed by atoms with Crippen molar-refractivity contribution in [3.8, 4) is 55.6 Å². The Morgan fingerprint density at radius 3 is 1.58 bits per heavy atom. The van der Waals surface area contributed by atoms with Gasteiger partial charge in [-0.05, 0) is 132 Å². The van der Waals surface area contributed by atoms with E-state index in [-0.39, 0.29) is 0 Å². The molecule has 0 aliphatic heterocycles. The van der Waals surface area contributed by atoms with Crippen molar-refractivity contribution in [1.82, 2.24) is 0 Å². The van der Waals surface area contributed by atoms with Crippen molar-refractivity contribution in [2.45, 2.75) is 5.41 Å². The molecular formula is C71H47NS. The summed E-state index contributed by atoms with van der Waals surface area (Å²) in [5, 5.41) is 5.11. The van der Waals surface area contributed by atoms with Gasteiger partial charge in [0, 0.05) is 37.1 Å². The zero-order valence-corrected chi connectivity index (χ0v) is 40.8. The first-order chi connectivity index (χ1) is 36.2. The van der Waals surface area contributed by atoms with E-state index in [0.717, 1.165) is 28.2 Å². The highest BCUT2D eigenvalue weighted by molar-refractivity contribution is 7.26. The van der Waals surface area contributed by atoms with Crippen LogP contribution in [0.5, 0.6) is 0 Å². The molecule has 0 spiro atoms. The molecule has 1 nitrogen and oxygen atoms in total. The number of hydrogen-bond acceptors (Lipinski definition) is 2. The second-order valence-corrected chi connectivity index (χ2v) is 20.2. The van der Waals surface area contributed by atoms with Crippen LogP contribution in [0.3, 0.4) is 0 Å². The van der Waals surface area contributed by atoms with Gasteiger partial charge in [0.15, 0.2) is 0 Å². The standard InChI is InChI=1S/C71H47NS/c1-3-22-54(23-4-1)71(55-24-5-2-6-25-55)66-33-12-9-28-62(66)63-45-40-51(47-67(63)71)48-36-41-56(42-37-48)72(57-43-38-50(39-44-57)61-31-17-32-65-64-29-11-14-35-69(64)73-70(61)65)68-34-13-10-27-60(68)53-21-15-20-52(46-53)59-30-16-19-49-18-7-8-26-58(49)59/h1-47H. The summed E-state index contributed by atoms with van der Waals surface area (Å²) in [7, 11) is 0. The molecule has 0 atom stereocenters. The average molecular weight is 946 g/mol. The minimum Gasteiger partial charge on any atom is -0.310 e. The molecule has 0 N–H and O–H groups in total. The highest BCUT2D eigenvalue weighted by Gasteiger charge is 2.46. The van der Waals surface area contributed by atoms with Gasteiger partial charge in [-0.1, -0.05) is 237 Å². The van der Waals surface area contributed by atoms with Crippen LogP contribution in [0.15, 0.2) is 285 Å². The quantitative estimate of drug-likeness (QED) is 0.139. The summed E-state index contributed by atoms with van der Waals surface area (Å²) in [6.07, 6.45) is 0. The molecule has 0 unspecified atom stereocenters. The Kier molecular flexibility index (Phi) is 10.3. The molecule has 0 saturated carbocycles. The van der Waals surface area contributed by atoms with Crippen LogP contribution in [-0.4, -0.2) is 0 Å². The number of rotatable bonds is 9. The van der Waals surface area contributed by atoms with Gasteiger partial charge in [0.05, 0.1) is 11.1 Å². The molecule has 342 valence electrons. The van der Waals surface area contributed by atoms with Gasteiger partial charge in [0.1, 0.15) is 0 Å². The molecule has 14 rings (SSSR count). The van der Waals surface area contributed by atoms with Gasteiger partial charge in [0.25, 0.3) is 0 Å². The number of anilines is 3. The van der Waals surface area contributed by atoms with Crippen LogP contribution in [0.2, 0.25) is 0 Å². The zero-order valence-electron chi connectivity index (χ0n) is 40.0. The summed E-state index contributed by atoms with van der Waals surface area (Å²) >= 11 is 1.88. The minimum absolute atomic E-state index is 0.468. The van der Waals surface area contributed by atoms with E-state index in [1.54, 1.807) is 0 Å². The highest BCUT2D eigenvalue weighted by Crippen LogP contribution is 2.57. The van der Waals surface area contributed by atoms with Crippen LogP contribution >= 0.6 is 11.3 Å². The van der Waals surface area contributed by atoms with Crippen molar-refractivity contribution < 1.29 is 0 Å². The largest absolute Gasteiger partial charge is 0.310 e. The number of para-hydroxylation sites is 1. The van der Waals surface area contributed by atoms with Gasteiger partial charge in [-0.2, -0.15) is 0 Å². The SMILES string of the molecule is c1ccc(C2(c3ccccc3)c3ccccc3-c3ccc(-c4ccc(N(c5ccc(-c6cccc7c6sc6ccccc67)cc5)c5ccccc5-c5cccc(-c6cccc7ccccc67)c5)cc4)cc32)cc1. The fourth-order valence-corrected chi connectivity index (χ4v) is 13.1.